The predicted octanol–water partition coefficient (Wildman–Crippen LogP) is 2.10. The molecule has 0 fully saturated rings. The topological polar surface area (TPSA) is 54.6 Å². The highest BCUT2D eigenvalue weighted by Crippen LogP contribution is 2.20. The van der Waals surface area contributed by atoms with Crippen LogP contribution >= 0.6 is 15.9 Å². The molecule has 4 nitrogen and oxygen atoms in total. The third-order valence-electron chi connectivity index (χ3n) is 2.01. The number of aromatic carboxylic acids is 1. The first-order chi connectivity index (χ1) is 6.61. The van der Waals surface area contributed by atoms with Crippen LogP contribution in [0, 0.1) is 6.92 Å². The van der Waals surface area contributed by atoms with Crippen molar-refractivity contribution in [1.29, 1.82) is 0 Å². The Hall–Kier alpha value is -1.36. The van der Waals surface area contributed by atoms with Gasteiger partial charge < -0.3 is 5.11 Å². The number of hydrogen-bond acceptors (Lipinski definition) is 2. The molecule has 0 aromatic carbocycles. The lowest BCUT2D eigenvalue weighted by Gasteiger charge is -2.03. The molecule has 72 valence electrons. The molecular formula is C9H7BrN2O2. The summed E-state index contributed by atoms with van der Waals surface area (Å²) in [7, 11) is 0. The average Bonchev–Trinajstić information content (AvgIpc) is 2.55. The van der Waals surface area contributed by atoms with E-state index in [0.717, 1.165) is 10.2 Å². The maximum atomic E-state index is 10.9. The molecule has 2 heterocycles. The van der Waals surface area contributed by atoms with Gasteiger partial charge in [-0.2, -0.15) is 0 Å². The van der Waals surface area contributed by atoms with Crippen LogP contribution in [0.3, 0.4) is 0 Å². The molecule has 0 unspecified atom stereocenters. The van der Waals surface area contributed by atoms with Gasteiger partial charge >= 0.3 is 5.97 Å². The molecule has 0 atom stereocenters. The number of imidazole rings is 1. The number of aromatic nitrogens is 2. The minimum atomic E-state index is -0.983. The Morgan fingerprint density at radius 1 is 1.57 bits per heavy atom. The van der Waals surface area contributed by atoms with Crippen molar-refractivity contribution >= 4 is 27.5 Å². The third-order valence-corrected chi connectivity index (χ3v) is 2.99. The van der Waals surface area contributed by atoms with Crippen LogP contribution in [0.1, 0.15) is 16.1 Å². The highest BCUT2D eigenvalue weighted by molar-refractivity contribution is 9.10. The second-order valence-corrected chi connectivity index (χ2v) is 3.70. The Morgan fingerprint density at radius 2 is 2.29 bits per heavy atom. The van der Waals surface area contributed by atoms with Crippen LogP contribution in [0.4, 0.5) is 0 Å². The van der Waals surface area contributed by atoms with Gasteiger partial charge in [0, 0.05) is 0 Å². The second-order valence-electron chi connectivity index (χ2n) is 2.95. The summed E-state index contributed by atoms with van der Waals surface area (Å²) in [6.45, 7) is 1.90. The Kier molecular flexibility index (Phi) is 2.03. The summed E-state index contributed by atoms with van der Waals surface area (Å²) >= 11 is 3.34. The van der Waals surface area contributed by atoms with Gasteiger partial charge in [0.1, 0.15) is 5.65 Å². The molecule has 2 aromatic heterocycles. The smallest absolute Gasteiger partial charge is 0.354 e. The van der Waals surface area contributed by atoms with Crippen molar-refractivity contribution in [3.63, 3.8) is 0 Å². The molecule has 0 aliphatic heterocycles. The molecule has 5 heteroatoms. The quantitative estimate of drug-likeness (QED) is 0.794. The number of carboxylic acids is 1. The van der Waals surface area contributed by atoms with Crippen molar-refractivity contribution in [1.82, 2.24) is 9.38 Å². The number of fused-ring (bicyclic) bond motifs is 1. The summed E-state index contributed by atoms with van der Waals surface area (Å²) in [5.41, 5.74) is 1.76. The van der Waals surface area contributed by atoms with E-state index in [2.05, 4.69) is 20.9 Å². The molecule has 0 bridgehead atoms. The minimum absolute atomic E-state index is 0.163. The van der Waals surface area contributed by atoms with Gasteiger partial charge in [0.2, 0.25) is 0 Å². The maximum Gasteiger partial charge on any atom is 0.354 e. The number of carboxylic acid groups (broad SMARTS) is 1. The van der Waals surface area contributed by atoms with Crippen LogP contribution in [-0.4, -0.2) is 20.5 Å². The maximum absolute atomic E-state index is 10.9. The predicted molar refractivity (Wildman–Crippen MR) is 54.6 cm³/mol. The Balaban J connectivity index is 2.89. The number of halogens is 1. The lowest BCUT2D eigenvalue weighted by Crippen LogP contribution is -2.03. The molecule has 0 radical (unpaired) electrons. The van der Waals surface area contributed by atoms with Crippen molar-refractivity contribution in [2.45, 2.75) is 6.92 Å². The SMILES string of the molecule is Cc1ccc2ncc(C(=O)O)n2c1Br. The van der Waals surface area contributed by atoms with Crippen molar-refractivity contribution < 1.29 is 9.90 Å². The van der Waals surface area contributed by atoms with Gasteiger partial charge in [-0.15, -0.1) is 0 Å². The first-order valence-corrected chi connectivity index (χ1v) is 4.76. The fraction of sp³-hybridized carbons (Fsp3) is 0.111. The zero-order valence-electron chi connectivity index (χ0n) is 7.36. The van der Waals surface area contributed by atoms with Crippen LogP contribution in [0.15, 0.2) is 22.9 Å². The van der Waals surface area contributed by atoms with Gasteiger partial charge in [-0.25, -0.2) is 9.78 Å². The zero-order valence-corrected chi connectivity index (χ0v) is 8.95. The molecule has 0 saturated heterocycles. The van der Waals surface area contributed by atoms with E-state index < -0.39 is 5.97 Å². The number of carbonyl (C=O) groups is 1. The second kappa shape index (κ2) is 3.09. The molecular weight excluding hydrogens is 248 g/mol. The van der Waals surface area contributed by atoms with E-state index in [-0.39, 0.29) is 5.69 Å². The highest BCUT2D eigenvalue weighted by Gasteiger charge is 2.13. The van der Waals surface area contributed by atoms with Gasteiger partial charge in [0.15, 0.2) is 5.69 Å². The highest BCUT2D eigenvalue weighted by atomic mass is 79.9. The lowest BCUT2D eigenvalue weighted by atomic mass is 10.3. The Morgan fingerprint density at radius 3 is 2.93 bits per heavy atom. The van der Waals surface area contributed by atoms with E-state index in [1.54, 1.807) is 10.5 Å². The zero-order chi connectivity index (χ0) is 10.3. The molecule has 1 N–H and O–H groups in total. The van der Waals surface area contributed by atoms with E-state index in [1.807, 2.05) is 13.0 Å². The monoisotopic (exact) mass is 254 g/mol. The summed E-state index contributed by atoms with van der Waals surface area (Å²) in [5, 5.41) is 8.91. The fourth-order valence-corrected chi connectivity index (χ4v) is 1.79. The third kappa shape index (κ3) is 1.21. The van der Waals surface area contributed by atoms with Gasteiger partial charge in [-0.1, -0.05) is 6.07 Å². The van der Waals surface area contributed by atoms with Crippen LogP contribution < -0.4 is 0 Å². The average molecular weight is 255 g/mol. The minimum Gasteiger partial charge on any atom is -0.477 e. The van der Waals surface area contributed by atoms with E-state index in [4.69, 9.17) is 5.11 Å². The molecule has 0 saturated carbocycles. The van der Waals surface area contributed by atoms with Gasteiger partial charge in [0.05, 0.1) is 10.8 Å². The largest absolute Gasteiger partial charge is 0.477 e. The summed E-state index contributed by atoms with van der Waals surface area (Å²) in [4.78, 5) is 14.9. The standard InChI is InChI=1S/C9H7BrN2O2/c1-5-2-3-7-11-4-6(9(13)14)12(7)8(5)10/h2-4H,1H3,(H,13,14). The first kappa shape index (κ1) is 9.21. The molecule has 0 aliphatic carbocycles. The van der Waals surface area contributed by atoms with Crippen LogP contribution in [0.25, 0.3) is 5.65 Å². The van der Waals surface area contributed by atoms with Crippen LogP contribution in [-0.2, 0) is 0 Å². The van der Waals surface area contributed by atoms with Gasteiger partial charge in [-0.3, -0.25) is 4.40 Å². The fourth-order valence-electron chi connectivity index (χ4n) is 1.29. The Labute approximate surface area is 88.3 Å². The summed E-state index contributed by atoms with van der Waals surface area (Å²) in [5.74, 6) is -0.983. The van der Waals surface area contributed by atoms with E-state index in [1.165, 1.54) is 6.20 Å². The molecule has 0 aliphatic rings. The first-order valence-electron chi connectivity index (χ1n) is 3.97. The van der Waals surface area contributed by atoms with Crippen LogP contribution in [0.2, 0.25) is 0 Å². The number of aryl methyl sites for hydroxylation is 1. The molecule has 2 rings (SSSR count). The van der Waals surface area contributed by atoms with E-state index in [0.29, 0.717) is 5.65 Å². The molecule has 2 aromatic rings. The Bertz CT molecular complexity index is 519. The molecule has 0 amide bonds. The lowest BCUT2D eigenvalue weighted by molar-refractivity contribution is 0.0689. The van der Waals surface area contributed by atoms with E-state index >= 15 is 0 Å². The van der Waals surface area contributed by atoms with Gasteiger partial charge in [0.25, 0.3) is 0 Å². The van der Waals surface area contributed by atoms with Crippen molar-refractivity contribution in [3.8, 4) is 0 Å². The summed E-state index contributed by atoms with van der Waals surface area (Å²) in [6.07, 6.45) is 1.35. The summed E-state index contributed by atoms with van der Waals surface area (Å²) < 4.78 is 2.29. The van der Waals surface area contributed by atoms with Crippen LogP contribution in [0.5, 0.6) is 0 Å². The van der Waals surface area contributed by atoms with Gasteiger partial charge in [-0.05, 0) is 34.5 Å². The number of pyridine rings is 1. The number of rotatable bonds is 1. The summed E-state index contributed by atoms with van der Waals surface area (Å²) in [6, 6.07) is 3.67. The van der Waals surface area contributed by atoms with Crippen molar-refractivity contribution in [2.24, 2.45) is 0 Å². The normalized spacial score (nSPS) is 10.7. The van der Waals surface area contributed by atoms with Crippen molar-refractivity contribution in [2.75, 3.05) is 0 Å². The number of nitrogens with zero attached hydrogens (tertiary/aromatic N) is 2. The number of hydrogen-bond donors (Lipinski definition) is 1. The molecule has 0 spiro atoms. The van der Waals surface area contributed by atoms with E-state index in [9.17, 15) is 4.79 Å². The van der Waals surface area contributed by atoms with Crippen molar-refractivity contribution in [3.05, 3.63) is 34.2 Å². The molecule has 14 heavy (non-hydrogen) atoms.